The number of aryl methyl sites for hydroxylation is 1. The molecule has 0 bridgehead atoms. The molecule has 0 fully saturated rings. The number of likely N-dealkylation sites (N-methyl/N-ethyl adjacent to an activating group) is 1. The minimum absolute atomic E-state index is 0.0180. The van der Waals surface area contributed by atoms with E-state index in [1.54, 1.807) is 19.2 Å². The third kappa shape index (κ3) is 5.38. The highest BCUT2D eigenvalue weighted by atomic mass is 19.3. The number of alkyl halides is 2. The van der Waals surface area contributed by atoms with E-state index in [1.165, 1.54) is 17.0 Å². The Labute approximate surface area is 167 Å². The van der Waals surface area contributed by atoms with Gasteiger partial charge in [0.2, 0.25) is 5.91 Å². The summed E-state index contributed by atoms with van der Waals surface area (Å²) in [5.74, 6) is -0.344. The maximum absolute atomic E-state index is 12.6. The summed E-state index contributed by atoms with van der Waals surface area (Å²) >= 11 is 0. The van der Waals surface area contributed by atoms with Crippen molar-refractivity contribution in [2.45, 2.75) is 46.4 Å². The minimum Gasteiger partial charge on any atom is -0.435 e. The molecule has 0 saturated carbocycles. The predicted molar refractivity (Wildman–Crippen MR) is 102 cm³/mol. The number of carbonyl (C=O) groups excluding carboxylic acids is 1. The summed E-state index contributed by atoms with van der Waals surface area (Å²) in [5, 5.41) is 13.6. The molecule has 0 radical (unpaired) electrons. The second kappa shape index (κ2) is 9.78. The Morgan fingerprint density at radius 3 is 2.45 bits per heavy atom. The van der Waals surface area contributed by atoms with Crippen molar-refractivity contribution in [3.05, 3.63) is 57.0 Å². The molecule has 1 aromatic carbocycles. The van der Waals surface area contributed by atoms with Crippen LogP contribution in [0.25, 0.3) is 0 Å². The van der Waals surface area contributed by atoms with E-state index in [4.69, 9.17) is 0 Å². The summed E-state index contributed by atoms with van der Waals surface area (Å²) in [7, 11) is 1.56. The number of ether oxygens (including phenoxy) is 1. The molecule has 2 rings (SSSR count). The van der Waals surface area contributed by atoms with Gasteiger partial charge in [0.25, 0.3) is 5.56 Å². The van der Waals surface area contributed by atoms with Gasteiger partial charge in [-0.05, 0) is 36.1 Å². The monoisotopic (exact) mass is 404 g/mol. The lowest BCUT2D eigenvalue weighted by molar-refractivity contribution is -0.131. The molecule has 2 aromatic rings. The fraction of sp³-hybridized carbons (Fsp3) is 0.400. The molecule has 1 aromatic heterocycles. The Kier molecular flexibility index (Phi) is 7.42. The smallest absolute Gasteiger partial charge is 0.387 e. The second-order valence-electron chi connectivity index (χ2n) is 6.35. The van der Waals surface area contributed by atoms with E-state index in [9.17, 15) is 23.6 Å². The number of nitriles is 1. The first kappa shape index (κ1) is 22.0. The maximum atomic E-state index is 12.6. The molecular weight excluding hydrogens is 382 g/mol. The molecule has 0 aliphatic rings. The van der Waals surface area contributed by atoms with Crippen LogP contribution >= 0.6 is 0 Å². The van der Waals surface area contributed by atoms with Gasteiger partial charge in [-0.1, -0.05) is 26.0 Å². The first-order valence-corrected chi connectivity index (χ1v) is 9.11. The average molecular weight is 404 g/mol. The number of amides is 1. The highest BCUT2D eigenvalue weighted by Gasteiger charge is 2.18. The lowest BCUT2D eigenvalue weighted by Crippen LogP contribution is -2.36. The number of halogens is 2. The van der Waals surface area contributed by atoms with E-state index >= 15 is 0 Å². The lowest BCUT2D eigenvalue weighted by Gasteiger charge is -2.19. The predicted octanol–water partition coefficient (Wildman–Crippen LogP) is 2.50. The van der Waals surface area contributed by atoms with E-state index in [0.717, 1.165) is 4.68 Å². The van der Waals surface area contributed by atoms with Crippen LogP contribution in [0, 0.1) is 11.3 Å². The van der Waals surface area contributed by atoms with Gasteiger partial charge in [-0.15, -0.1) is 0 Å². The molecule has 29 heavy (non-hydrogen) atoms. The zero-order valence-corrected chi connectivity index (χ0v) is 16.5. The molecule has 1 amide bonds. The first-order chi connectivity index (χ1) is 13.8. The summed E-state index contributed by atoms with van der Waals surface area (Å²) < 4.78 is 29.7. The Morgan fingerprint density at radius 1 is 1.28 bits per heavy atom. The highest BCUT2D eigenvalue weighted by molar-refractivity contribution is 5.75. The van der Waals surface area contributed by atoms with E-state index in [1.807, 2.05) is 19.9 Å². The third-order valence-electron chi connectivity index (χ3n) is 4.42. The Balaban J connectivity index is 2.15. The number of aromatic nitrogens is 2. The van der Waals surface area contributed by atoms with E-state index in [2.05, 4.69) is 9.84 Å². The zero-order valence-electron chi connectivity index (χ0n) is 16.5. The Bertz CT molecular complexity index is 965. The van der Waals surface area contributed by atoms with Crippen LogP contribution in [0.15, 0.2) is 29.1 Å². The van der Waals surface area contributed by atoms with Crippen LogP contribution in [0.3, 0.4) is 0 Å². The van der Waals surface area contributed by atoms with Gasteiger partial charge in [0, 0.05) is 13.6 Å². The van der Waals surface area contributed by atoms with Gasteiger partial charge in [0.15, 0.2) is 0 Å². The summed E-state index contributed by atoms with van der Waals surface area (Å²) in [6, 6.07) is 7.86. The van der Waals surface area contributed by atoms with Crippen molar-refractivity contribution in [3.63, 3.8) is 0 Å². The molecule has 7 nitrogen and oxygen atoms in total. The largest absolute Gasteiger partial charge is 0.435 e. The topological polar surface area (TPSA) is 88.2 Å². The van der Waals surface area contributed by atoms with Gasteiger partial charge >= 0.3 is 6.61 Å². The molecule has 0 atom stereocenters. The molecule has 0 aliphatic carbocycles. The minimum atomic E-state index is -2.90. The Morgan fingerprint density at radius 2 is 1.93 bits per heavy atom. The third-order valence-corrected chi connectivity index (χ3v) is 4.42. The van der Waals surface area contributed by atoms with Crippen molar-refractivity contribution in [2.75, 3.05) is 7.05 Å². The van der Waals surface area contributed by atoms with Crippen molar-refractivity contribution in [2.24, 2.45) is 0 Å². The van der Waals surface area contributed by atoms with Crippen LogP contribution in [0.2, 0.25) is 0 Å². The van der Waals surface area contributed by atoms with Gasteiger partial charge < -0.3 is 9.64 Å². The molecular formula is C20H22F2N4O3. The molecule has 0 saturated heterocycles. The standard InChI is InChI=1S/C20H22F2N4O3/c1-4-15-16(10-23)19(28)26(24-17(15)5-2)12-18(27)25(3)11-13-6-8-14(9-7-13)29-20(21)22/h6-9,20H,4-5,11-12H2,1-3H3. The van der Waals surface area contributed by atoms with Crippen molar-refractivity contribution in [1.82, 2.24) is 14.7 Å². The van der Waals surface area contributed by atoms with Crippen molar-refractivity contribution >= 4 is 5.91 Å². The normalized spacial score (nSPS) is 10.7. The van der Waals surface area contributed by atoms with Crippen LogP contribution < -0.4 is 10.3 Å². The second-order valence-corrected chi connectivity index (χ2v) is 6.35. The van der Waals surface area contributed by atoms with Crippen LogP contribution in [0.1, 0.15) is 36.2 Å². The quantitative estimate of drug-likeness (QED) is 0.675. The van der Waals surface area contributed by atoms with Crippen LogP contribution in [-0.4, -0.2) is 34.2 Å². The van der Waals surface area contributed by atoms with Gasteiger partial charge in [0.05, 0.1) is 5.69 Å². The summed E-state index contributed by atoms with van der Waals surface area (Å²) in [6.45, 7) is 0.723. The molecule has 0 N–H and O–H groups in total. The van der Waals surface area contributed by atoms with Crippen LogP contribution in [0.5, 0.6) is 5.75 Å². The zero-order chi connectivity index (χ0) is 21.6. The van der Waals surface area contributed by atoms with Crippen molar-refractivity contribution in [1.29, 1.82) is 5.26 Å². The number of benzene rings is 1. The molecule has 1 heterocycles. The van der Waals surface area contributed by atoms with Crippen LogP contribution in [0.4, 0.5) is 8.78 Å². The van der Waals surface area contributed by atoms with Gasteiger partial charge in [-0.2, -0.15) is 19.1 Å². The lowest BCUT2D eigenvalue weighted by atomic mass is 10.0. The summed E-state index contributed by atoms with van der Waals surface area (Å²) in [4.78, 5) is 26.5. The van der Waals surface area contributed by atoms with Crippen molar-refractivity contribution in [3.8, 4) is 11.8 Å². The molecule has 0 aliphatic heterocycles. The number of hydrogen-bond acceptors (Lipinski definition) is 5. The van der Waals surface area contributed by atoms with E-state index in [0.29, 0.717) is 29.7 Å². The SMILES string of the molecule is CCc1nn(CC(=O)N(C)Cc2ccc(OC(F)F)cc2)c(=O)c(C#N)c1CC. The first-order valence-electron chi connectivity index (χ1n) is 9.11. The molecule has 9 heteroatoms. The van der Waals surface area contributed by atoms with Crippen molar-refractivity contribution < 1.29 is 18.3 Å². The summed E-state index contributed by atoms with van der Waals surface area (Å²) in [5.41, 5.74) is 1.37. The van der Waals surface area contributed by atoms with Gasteiger partial charge in [0.1, 0.15) is 23.9 Å². The molecule has 154 valence electrons. The fourth-order valence-corrected chi connectivity index (χ4v) is 2.93. The van der Waals surface area contributed by atoms with Gasteiger partial charge in [-0.3, -0.25) is 9.59 Å². The Hall–Kier alpha value is -3.28. The number of carbonyl (C=O) groups is 1. The van der Waals surface area contributed by atoms with Crippen LogP contribution in [-0.2, 0) is 30.7 Å². The van der Waals surface area contributed by atoms with E-state index in [-0.39, 0.29) is 30.3 Å². The number of nitrogens with zero attached hydrogens (tertiary/aromatic N) is 4. The summed E-state index contributed by atoms with van der Waals surface area (Å²) in [6.07, 6.45) is 1.05. The van der Waals surface area contributed by atoms with Gasteiger partial charge in [-0.25, -0.2) is 4.68 Å². The average Bonchev–Trinajstić information content (AvgIpc) is 2.69. The highest BCUT2D eigenvalue weighted by Crippen LogP contribution is 2.16. The van der Waals surface area contributed by atoms with E-state index < -0.39 is 12.2 Å². The number of rotatable bonds is 8. The fourth-order valence-electron chi connectivity index (χ4n) is 2.93. The molecule has 0 spiro atoms. The maximum Gasteiger partial charge on any atom is 0.387 e. The molecule has 0 unspecified atom stereocenters. The number of hydrogen-bond donors (Lipinski definition) is 0.